The summed E-state index contributed by atoms with van der Waals surface area (Å²) in [6.07, 6.45) is 5.53. The summed E-state index contributed by atoms with van der Waals surface area (Å²) < 4.78 is 5.38. The van der Waals surface area contributed by atoms with E-state index in [4.69, 9.17) is 4.74 Å². The number of rotatable bonds is 4. The van der Waals surface area contributed by atoms with Crippen LogP contribution < -0.4 is 10.2 Å². The molecule has 6 nitrogen and oxygen atoms in total. The highest BCUT2D eigenvalue weighted by molar-refractivity contribution is 5.48. The van der Waals surface area contributed by atoms with Crippen molar-refractivity contribution in [3.63, 3.8) is 0 Å². The smallest absolute Gasteiger partial charge is 0.134 e. The van der Waals surface area contributed by atoms with Crippen LogP contribution >= 0.6 is 0 Å². The molecule has 1 saturated carbocycles. The van der Waals surface area contributed by atoms with Gasteiger partial charge in [-0.25, -0.2) is 9.97 Å². The van der Waals surface area contributed by atoms with Gasteiger partial charge in [0.15, 0.2) is 0 Å². The second-order valence-electron chi connectivity index (χ2n) is 7.63. The van der Waals surface area contributed by atoms with E-state index in [1.807, 2.05) is 6.07 Å². The van der Waals surface area contributed by atoms with Crippen LogP contribution in [0.3, 0.4) is 0 Å². The minimum absolute atomic E-state index is 0.208. The lowest BCUT2D eigenvalue weighted by Crippen LogP contribution is -2.44. The number of morpholine rings is 1. The number of aliphatic hydroxyl groups is 1. The van der Waals surface area contributed by atoms with E-state index in [1.165, 1.54) is 6.42 Å². The van der Waals surface area contributed by atoms with Crippen LogP contribution in [0, 0.1) is 5.41 Å². The average molecular weight is 320 g/mol. The van der Waals surface area contributed by atoms with Crippen molar-refractivity contribution in [1.29, 1.82) is 0 Å². The van der Waals surface area contributed by atoms with Crippen LogP contribution in [0.5, 0.6) is 0 Å². The van der Waals surface area contributed by atoms with Gasteiger partial charge < -0.3 is 20.1 Å². The van der Waals surface area contributed by atoms with E-state index in [1.54, 1.807) is 6.33 Å². The van der Waals surface area contributed by atoms with Crippen molar-refractivity contribution in [2.75, 3.05) is 43.1 Å². The predicted octanol–water partition coefficient (Wildman–Crippen LogP) is 2.06. The van der Waals surface area contributed by atoms with E-state index in [0.29, 0.717) is 6.54 Å². The van der Waals surface area contributed by atoms with Crippen LogP contribution in [0.2, 0.25) is 0 Å². The summed E-state index contributed by atoms with van der Waals surface area (Å²) >= 11 is 0. The minimum Gasteiger partial charge on any atom is -0.388 e. The van der Waals surface area contributed by atoms with Gasteiger partial charge in [-0.3, -0.25) is 0 Å². The van der Waals surface area contributed by atoms with Gasteiger partial charge in [-0.2, -0.15) is 0 Å². The molecule has 1 saturated heterocycles. The molecule has 2 fully saturated rings. The van der Waals surface area contributed by atoms with Crippen molar-refractivity contribution in [1.82, 2.24) is 9.97 Å². The van der Waals surface area contributed by atoms with Gasteiger partial charge in [0, 0.05) is 25.7 Å². The van der Waals surface area contributed by atoms with Gasteiger partial charge in [-0.05, 0) is 31.1 Å². The highest BCUT2D eigenvalue weighted by atomic mass is 16.5. The summed E-state index contributed by atoms with van der Waals surface area (Å²) in [5.74, 6) is 1.69. The Morgan fingerprint density at radius 3 is 2.78 bits per heavy atom. The highest BCUT2D eigenvalue weighted by Gasteiger charge is 2.38. The molecule has 2 N–H and O–H groups in total. The number of aromatic nitrogens is 2. The summed E-state index contributed by atoms with van der Waals surface area (Å²) in [5, 5.41) is 14.2. The molecule has 0 spiro atoms. The third-order valence-corrected chi connectivity index (χ3v) is 4.89. The van der Waals surface area contributed by atoms with Gasteiger partial charge in [-0.1, -0.05) is 13.8 Å². The molecule has 0 amide bonds. The third-order valence-electron chi connectivity index (χ3n) is 4.89. The Hall–Kier alpha value is -1.40. The molecule has 0 unspecified atom stereocenters. The lowest BCUT2D eigenvalue weighted by atomic mass is 9.70. The van der Waals surface area contributed by atoms with Gasteiger partial charge in [0.25, 0.3) is 0 Å². The standard InChI is InChI=1S/C17H28N4O2/c1-16(2)4-3-5-17(22,11-16)12-18-14-10-15(20-13-19-14)21-6-8-23-9-7-21/h10,13,22H,3-9,11-12H2,1-2H3,(H,18,19,20)/t17-/m0/s1. The number of hydrogen-bond acceptors (Lipinski definition) is 6. The zero-order valence-corrected chi connectivity index (χ0v) is 14.2. The predicted molar refractivity (Wildman–Crippen MR) is 90.8 cm³/mol. The van der Waals surface area contributed by atoms with Gasteiger partial charge in [0.05, 0.1) is 18.8 Å². The SMILES string of the molecule is CC1(C)CCC[C@@](O)(CNc2cc(N3CCOCC3)ncn2)C1. The number of nitrogens with zero attached hydrogens (tertiary/aromatic N) is 3. The van der Waals surface area contributed by atoms with Crippen LogP contribution in [0.15, 0.2) is 12.4 Å². The molecule has 128 valence electrons. The molecule has 1 aromatic rings. The molecule has 0 aromatic carbocycles. The normalized spacial score (nSPS) is 27.7. The van der Waals surface area contributed by atoms with E-state index >= 15 is 0 Å². The minimum atomic E-state index is -0.647. The zero-order chi connectivity index (χ0) is 16.3. The van der Waals surface area contributed by atoms with Crippen LogP contribution in [-0.4, -0.2) is 53.5 Å². The summed E-state index contributed by atoms with van der Waals surface area (Å²) in [6.45, 7) is 8.19. The van der Waals surface area contributed by atoms with Gasteiger partial charge >= 0.3 is 0 Å². The summed E-state index contributed by atoms with van der Waals surface area (Å²) in [6, 6.07) is 1.96. The Kier molecular flexibility index (Phi) is 4.73. The molecular formula is C17H28N4O2. The Labute approximate surface area is 138 Å². The lowest BCUT2D eigenvalue weighted by molar-refractivity contribution is -0.0278. The molecule has 2 aliphatic rings. The van der Waals surface area contributed by atoms with Gasteiger partial charge in [-0.15, -0.1) is 0 Å². The summed E-state index contributed by atoms with van der Waals surface area (Å²) in [5.41, 5.74) is -0.439. The van der Waals surface area contributed by atoms with Crippen LogP contribution in [0.4, 0.5) is 11.6 Å². The Balaban J connectivity index is 1.61. The maximum Gasteiger partial charge on any atom is 0.134 e. The van der Waals surface area contributed by atoms with Crippen LogP contribution in [0.25, 0.3) is 0 Å². The second-order valence-corrected chi connectivity index (χ2v) is 7.63. The molecule has 1 atom stereocenters. The first-order valence-corrected chi connectivity index (χ1v) is 8.57. The Morgan fingerprint density at radius 2 is 2.04 bits per heavy atom. The van der Waals surface area contributed by atoms with Crippen molar-refractivity contribution in [3.05, 3.63) is 12.4 Å². The fourth-order valence-corrected chi connectivity index (χ4v) is 3.78. The molecule has 1 aromatic heterocycles. The maximum atomic E-state index is 10.9. The highest BCUT2D eigenvalue weighted by Crippen LogP contribution is 2.40. The molecule has 6 heteroatoms. The third kappa shape index (κ3) is 4.32. The molecule has 1 aliphatic carbocycles. The van der Waals surface area contributed by atoms with Crippen molar-refractivity contribution >= 4 is 11.6 Å². The van der Waals surface area contributed by atoms with Crippen molar-refractivity contribution in [2.45, 2.75) is 45.1 Å². The number of nitrogens with one attached hydrogen (secondary N) is 1. The average Bonchev–Trinajstić information content (AvgIpc) is 2.53. The molecule has 0 radical (unpaired) electrons. The lowest BCUT2D eigenvalue weighted by Gasteiger charge is -2.41. The van der Waals surface area contributed by atoms with E-state index < -0.39 is 5.60 Å². The zero-order valence-electron chi connectivity index (χ0n) is 14.2. The second kappa shape index (κ2) is 6.61. The number of anilines is 2. The molecule has 1 aliphatic heterocycles. The van der Waals surface area contributed by atoms with E-state index in [-0.39, 0.29) is 5.41 Å². The fraction of sp³-hybridized carbons (Fsp3) is 0.765. The monoisotopic (exact) mass is 320 g/mol. The number of ether oxygens (including phenoxy) is 1. The Bertz CT molecular complexity index is 531. The first-order valence-electron chi connectivity index (χ1n) is 8.57. The molecule has 23 heavy (non-hydrogen) atoms. The van der Waals surface area contributed by atoms with Crippen molar-refractivity contribution in [2.24, 2.45) is 5.41 Å². The molecule has 0 bridgehead atoms. The molecule has 2 heterocycles. The quantitative estimate of drug-likeness (QED) is 0.885. The fourth-order valence-electron chi connectivity index (χ4n) is 3.78. The summed E-state index contributed by atoms with van der Waals surface area (Å²) in [4.78, 5) is 10.9. The van der Waals surface area contributed by atoms with E-state index in [9.17, 15) is 5.11 Å². The molecular weight excluding hydrogens is 292 g/mol. The van der Waals surface area contributed by atoms with Crippen LogP contribution in [0.1, 0.15) is 39.5 Å². The van der Waals surface area contributed by atoms with Gasteiger partial charge in [0.1, 0.15) is 18.0 Å². The summed E-state index contributed by atoms with van der Waals surface area (Å²) in [7, 11) is 0. The number of hydrogen-bond donors (Lipinski definition) is 2. The van der Waals surface area contributed by atoms with E-state index in [2.05, 4.69) is 34.0 Å². The topological polar surface area (TPSA) is 70.5 Å². The van der Waals surface area contributed by atoms with Crippen molar-refractivity contribution in [3.8, 4) is 0 Å². The largest absolute Gasteiger partial charge is 0.388 e. The van der Waals surface area contributed by atoms with Gasteiger partial charge in [0.2, 0.25) is 0 Å². The van der Waals surface area contributed by atoms with E-state index in [0.717, 1.165) is 57.2 Å². The van der Waals surface area contributed by atoms with Crippen LogP contribution in [-0.2, 0) is 4.74 Å². The Morgan fingerprint density at radius 1 is 1.26 bits per heavy atom. The molecule has 3 rings (SSSR count). The first-order chi connectivity index (χ1) is 11.0. The van der Waals surface area contributed by atoms with Crippen molar-refractivity contribution < 1.29 is 9.84 Å². The maximum absolute atomic E-state index is 10.9. The first kappa shape index (κ1) is 16.5.